The molecule has 0 aliphatic heterocycles. The summed E-state index contributed by atoms with van der Waals surface area (Å²) in [6.07, 6.45) is 12.1. The normalized spacial score (nSPS) is 48.3. The number of fused-ring (bicyclic) bond motifs is 5. The van der Waals surface area contributed by atoms with Crippen molar-refractivity contribution in [3.05, 3.63) is 11.6 Å². The Balaban J connectivity index is 1.60. The fourth-order valence-corrected chi connectivity index (χ4v) is 7.56. The van der Waals surface area contributed by atoms with Gasteiger partial charge in [-0.15, -0.1) is 0 Å². The molecule has 0 aromatic heterocycles. The number of aliphatic hydroxyl groups is 1. The highest BCUT2D eigenvalue weighted by Crippen LogP contribution is 2.66. The molecular formula is C23H37NO2. The van der Waals surface area contributed by atoms with E-state index in [1.807, 2.05) is 6.92 Å². The van der Waals surface area contributed by atoms with Crippen LogP contribution >= 0.6 is 0 Å². The van der Waals surface area contributed by atoms with Crippen LogP contribution in [0.5, 0.6) is 0 Å². The molecule has 4 aliphatic rings. The summed E-state index contributed by atoms with van der Waals surface area (Å²) in [5.41, 5.74) is 3.52. The van der Waals surface area contributed by atoms with Crippen molar-refractivity contribution in [3.63, 3.8) is 0 Å². The maximum atomic E-state index is 10.2. The van der Waals surface area contributed by atoms with Gasteiger partial charge in [0.15, 0.2) is 0 Å². The fourth-order valence-electron chi connectivity index (χ4n) is 7.56. The zero-order valence-electron chi connectivity index (χ0n) is 17.1. The molecule has 0 saturated heterocycles. The fraction of sp³-hybridized carbons (Fsp3) is 0.870. The molecular weight excluding hydrogens is 322 g/mol. The Morgan fingerprint density at radius 1 is 1.19 bits per heavy atom. The van der Waals surface area contributed by atoms with Crippen molar-refractivity contribution in [2.24, 2.45) is 39.7 Å². The molecule has 0 unspecified atom stereocenters. The molecule has 7 atom stereocenters. The van der Waals surface area contributed by atoms with Crippen molar-refractivity contribution < 1.29 is 9.94 Å². The van der Waals surface area contributed by atoms with Crippen LogP contribution in [0.4, 0.5) is 0 Å². The third kappa shape index (κ3) is 2.68. The Morgan fingerprint density at radius 3 is 2.77 bits per heavy atom. The van der Waals surface area contributed by atoms with E-state index in [9.17, 15) is 5.11 Å². The van der Waals surface area contributed by atoms with Gasteiger partial charge in [0.2, 0.25) is 0 Å². The van der Waals surface area contributed by atoms with Crippen LogP contribution in [0.2, 0.25) is 0 Å². The number of oxime groups is 1. The topological polar surface area (TPSA) is 41.8 Å². The molecule has 4 rings (SSSR count). The van der Waals surface area contributed by atoms with Crippen molar-refractivity contribution in [1.29, 1.82) is 0 Å². The number of aliphatic hydroxyl groups excluding tert-OH is 1. The van der Waals surface area contributed by atoms with Crippen LogP contribution in [0.3, 0.4) is 0 Å². The summed E-state index contributed by atoms with van der Waals surface area (Å²) in [7, 11) is 0. The van der Waals surface area contributed by atoms with Crippen molar-refractivity contribution in [1.82, 2.24) is 0 Å². The lowest BCUT2D eigenvalue weighted by atomic mass is 9.47. The predicted molar refractivity (Wildman–Crippen MR) is 106 cm³/mol. The van der Waals surface area contributed by atoms with Gasteiger partial charge in [-0.3, -0.25) is 0 Å². The van der Waals surface area contributed by atoms with Crippen LogP contribution in [-0.2, 0) is 4.84 Å². The van der Waals surface area contributed by atoms with E-state index in [2.05, 4.69) is 32.0 Å². The minimum absolute atomic E-state index is 0.104. The summed E-state index contributed by atoms with van der Waals surface area (Å²) in [5.74, 6) is 3.05. The molecule has 0 aromatic carbocycles. The molecule has 3 saturated carbocycles. The third-order valence-electron chi connectivity index (χ3n) is 8.92. The highest BCUT2D eigenvalue weighted by molar-refractivity contribution is 5.85. The molecule has 3 fully saturated rings. The minimum Gasteiger partial charge on any atom is -0.396 e. The first-order chi connectivity index (χ1) is 12.4. The Bertz CT molecular complexity index is 611. The lowest BCUT2D eigenvalue weighted by Crippen LogP contribution is -2.50. The van der Waals surface area contributed by atoms with Gasteiger partial charge >= 0.3 is 0 Å². The van der Waals surface area contributed by atoms with E-state index in [1.54, 1.807) is 5.57 Å². The predicted octanol–water partition coefficient (Wildman–Crippen LogP) is 5.34. The molecule has 0 amide bonds. The summed E-state index contributed by atoms with van der Waals surface area (Å²) >= 11 is 0. The summed E-state index contributed by atoms with van der Waals surface area (Å²) in [5, 5.41) is 14.6. The van der Waals surface area contributed by atoms with Gasteiger partial charge in [-0.05, 0) is 93.8 Å². The first-order valence-corrected chi connectivity index (χ1v) is 10.9. The van der Waals surface area contributed by atoms with Crippen molar-refractivity contribution >= 4 is 5.71 Å². The maximum Gasteiger partial charge on any atom is 0.114 e. The monoisotopic (exact) mass is 359 g/mol. The molecule has 3 heteroatoms. The highest BCUT2D eigenvalue weighted by atomic mass is 16.6. The molecule has 26 heavy (non-hydrogen) atoms. The molecule has 3 nitrogen and oxygen atoms in total. The van der Waals surface area contributed by atoms with E-state index >= 15 is 0 Å². The van der Waals surface area contributed by atoms with Crippen LogP contribution in [-0.4, -0.2) is 23.5 Å². The van der Waals surface area contributed by atoms with E-state index in [1.165, 1.54) is 44.2 Å². The largest absolute Gasteiger partial charge is 0.396 e. The molecule has 146 valence electrons. The van der Waals surface area contributed by atoms with Gasteiger partial charge in [0, 0.05) is 5.92 Å². The Hall–Kier alpha value is -0.830. The van der Waals surface area contributed by atoms with Crippen LogP contribution in [0.15, 0.2) is 16.8 Å². The lowest BCUT2D eigenvalue weighted by molar-refractivity contribution is -0.0426. The van der Waals surface area contributed by atoms with Crippen LogP contribution < -0.4 is 0 Å². The number of allylic oxidation sites excluding steroid dienone is 1. The summed E-state index contributed by atoms with van der Waals surface area (Å²) in [6.45, 7) is 9.91. The second-order valence-corrected chi connectivity index (χ2v) is 9.98. The van der Waals surface area contributed by atoms with E-state index in [4.69, 9.17) is 4.84 Å². The van der Waals surface area contributed by atoms with Crippen molar-refractivity contribution in [3.8, 4) is 0 Å². The molecule has 0 radical (unpaired) electrons. The van der Waals surface area contributed by atoms with Crippen LogP contribution in [0.25, 0.3) is 0 Å². The van der Waals surface area contributed by atoms with Crippen molar-refractivity contribution in [2.45, 2.75) is 85.2 Å². The SMILES string of the molecule is CCO/N=C(/C)[C@H]1CC[C@H]2[C@@H]3CC=C4C[C@@H](O)CC[C@]4(C)[C@H]3CC[C@]12C. The van der Waals surface area contributed by atoms with Crippen molar-refractivity contribution in [2.75, 3.05) is 6.61 Å². The maximum absolute atomic E-state index is 10.2. The van der Waals surface area contributed by atoms with Gasteiger partial charge < -0.3 is 9.94 Å². The average molecular weight is 360 g/mol. The zero-order valence-corrected chi connectivity index (χ0v) is 17.1. The minimum atomic E-state index is -0.104. The van der Waals surface area contributed by atoms with E-state index in [0.29, 0.717) is 23.4 Å². The second kappa shape index (κ2) is 6.65. The molecule has 0 bridgehead atoms. The smallest absolute Gasteiger partial charge is 0.114 e. The van der Waals surface area contributed by atoms with Crippen LogP contribution in [0, 0.1) is 34.5 Å². The second-order valence-electron chi connectivity index (χ2n) is 9.98. The van der Waals surface area contributed by atoms with Crippen LogP contribution in [0.1, 0.15) is 79.1 Å². The number of hydrogen-bond donors (Lipinski definition) is 1. The lowest BCUT2D eigenvalue weighted by Gasteiger charge is -2.58. The standard InChI is InChI=1S/C23H37NO2/c1-5-26-24-15(2)19-8-9-20-18-7-6-16-14-17(25)10-12-22(16,3)21(18)11-13-23(19,20)4/h6,17-21,25H,5,7-14H2,1-4H3/b24-15-/t17-,18-,19+,20-,21-,22-,23+/m0/s1. The van der Waals surface area contributed by atoms with Gasteiger partial charge in [0.25, 0.3) is 0 Å². The molecule has 0 aromatic rings. The van der Waals surface area contributed by atoms with Gasteiger partial charge in [0.1, 0.15) is 6.61 Å². The molecule has 1 N–H and O–H groups in total. The molecule has 0 spiro atoms. The molecule has 0 heterocycles. The highest BCUT2D eigenvalue weighted by Gasteiger charge is 2.59. The van der Waals surface area contributed by atoms with Gasteiger partial charge in [-0.1, -0.05) is 30.7 Å². The Kier molecular flexibility index (Phi) is 4.74. The van der Waals surface area contributed by atoms with Gasteiger partial charge in [-0.2, -0.15) is 0 Å². The first-order valence-electron chi connectivity index (χ1n) is 10.9. The van der Waals surface area contributed by atoms with Gasteiger partial charge in [0.05, 0.1) is 11.8 Å². The third-order valence-corrected chi connectivity index (χ3v) is 8.92. The quantitative estimate of drug-likeness (QED) is 0.420. The Morgan fingerprint density at radius 2 is 2.00 bits per heavy atom. The first kappa shape index (κ1) is 18.5. The zero-order chi connectivity index (χ0) is 18.5. The van der Waals surface area contributed by atoms with E-state index in [0.717, 1.165) is 30.6 Å². The number of nitrogens with zero attached hydrogens (tertiary/aromatic N) is 1. The molecule has 4 aliphatic carbocycles. The number of rotatable bonds is 3. The Labute approximate surface area is 159 Å². The van der Waals surface area contributed by atoms with Gasteiger partial charge in [-0.25, -0.2) is 0 Å². The van der Waals surface area contributed by atoms with E-state index < -0.39 is 0 Å². The summed E-state index contributed by atoms with van der Waals surface area (Å²) < 4.78 is 0. The summed E-state index contributed by atoms with van der Waals surface area (Å²) in [6, 6.07) is 0. The average Bonchev–Trinajstić information content (AvgIpc) is 2.97. The summed E-state index contributed by atoms with van der Waals surface area (Å²) in [4.78, 5) is 5.39. The van der Waals surface area contributed by atoms with E-state index in [-0.39, 0.29) is 6.10 Å². The number of hydrogen-bond acceptors (Lipinski definition) is 3.